The number of ether oxygens (including phenoxy) is 1. The number of benzene rings is 2. The van der Waals surface area contributed by atoms with Crippen LogP contribution in [0.3, 0.4) is 0 Å². The first-order chi connectivity index (χ1) is 13.4. The molecular weight excluding hydrogens is 372 g/mol. The van der Waals surface area contributed by atoms with Gasteiger partial charge < -0.3 is 9.53 Å². The number of methoxy groups -OCH3 is 1. The van der Waals surface area contributed by atoms with E-state index in [1.54, 1.807) is 18.2 Å². The molecule has 2 aromatic carbocycles. The van der Waals surface area contributed by atoms with Gasteiger partial charge in [0.25, 0.3) is 0 Å². The molecule has 0 aliphatic rings. The average molecular weight is 403 g/mol. The number of rotatable bonds is 11. The van der Waals surface area contributed by atoms with E-state index in [1.807, 2.05) is 44.2 Å². The molecule has 0 bridgehead atoms. The quantitative estimate of drug-likeness (QED) is 0.504. The third kappa shape index (κ3) is 5.44. The Kier molecular flexibility index (Phi) is 7.81. The Labute approximate surface area is 168 Å². The molecule has 1 atom stereocenters. The first kappa shape index (κ1) is 22.2. The van der Waals surface area contributed by atoms with Crippen LogP contribution in [0, 0.1) is 5.41 Å². The molecule has 0 saturated heterocycles. The molecular formula is C23H30O4S. The van der Waals surface area contributed by atoms with Crippen molar-refractivity contribution in [3.05, 3.63) is 59.7 Å². The molecule has 2 aromatic rings. The van der Waals surface area contributed by atoms with E-state index in [-0.39, 0.29) is 10.6 Å². The summed E-state index contributed by atoms with van der Waals surface area (Å²) >= 11 is 0. The van der Waals surface area contributed by atoms with E-state index in [0.717, 1.165) is 30.3 Å². The van der Waals surface area contributed by atoms with Gasteiger partial charge in [0, 0.05) is 5.41 Å². The van der Waals surface area contributed by atoms with E-state index in [9.17, 15) is 13.2 Å². The fourth-order valence-corrected chi connectivity index (χ4v) is 5.59. The molecule has 0 N–H and O–H groups in total. The zero-order chi connectivity index (χ0) is 20.6. The smallest absolute Gasteiger partial charge is 0.179 e. The van der Waals surface area contributed by atoms with Crippen molar-refractivity contribution in [1.29, 1.82) is 0 Å². The Hall–Kier alpha value is -2.14. The van der Waals surface area contributed by atoms with Crippen molar-refractivity contribution in [2.75, 3.05) is 12.9 Å². The molecule has 0 heterocycles. The van der Waals surface area contributed by atoms with Crippen LogP contribution in [-0.2, 0) is 21.1 Å². The maximum atomic E-state index is 13.4. The molecule has 0 saturated carbocycles. The standard InChI is InChI=1S/C23H30O4S/c1-4-6-14-23(5-2,17-24)18-28(25,26)22-16-21(27-3)13-12-20(22)15-19-10-8-7-9-11-19/h7-13,16-17H,4-6,14-15,18H2,1-3H3. The minimum atomic E-state index is -3.67. The number of unbranched alkanes of at least 4 members (excludes halogenated alkanes) is 1. The van der Waals surface area contributed by atoms with E-state index in [4.69, 9.17) is 4.74 Å². The van der Waals surface area contributed by atoms with E-state index in [1.165, 1.54) is 7.11 Å². The molecule has 0 amide bonds. The lowest BCUT2D eigenvalue weighted by Crippen LogP contribution is -2.32. The normalized spacial score (nSPS) is 13.7. The van der Waals surface area contributed by atoms with Crippen molar-refractivity contribution >= 4 is 16.1 Å². The van der Waals surface area contributed by atoms with Gasteiger partial charge >= 0.3 is 0 Å². The van der Waals surface area contributed by atoms with E-state index >= 15 is 0 Å². The number of carbonyl (C=O) groups is 1. The lowest BCUT2D eigenvalue weighted by atomic mass is 9.84. The summed E-state index contributed by atoms with van der Waals surface area (Å²) in [5, 5.41) is 0. The SMILES string of the molecule is CCCCC(C=O)(CC)CS(=O)(=O)c1cc(OC)ccc1Cc1ccccc1. The fraction of sp³-hybridized carbons (Fsp3) is 0.435. The molecule has 28 heavy (non-hydrogen) atoms. The number of hydrogen-bond acceptors (Lipinski definition) is 4. The molecule has 0 fully saturated rings. The predicted molar refractivity (Wildman–Crippen MR) is 113 cm³/mol. The summed E-state index contributed by atoms with van der Waals surface area (Å²) in [6.45, 7) is 3.93. The summed E-state index contributed by atoms with van der Waals surface area (Å²) in [7, 11) is -2.15. The van der Waals surface area contributed by atoms with Crippen LogP contribution in [0.25, 0.3) is 0 Å². The highest BCUT2D eigenvalue weighted by molar-refractivity contribution is 7.91. The topological polar surface area (TPSA) is 60.4 Å². The van der Waals surface area contributed by atoms with Gasteiger partial charge in [-0.25, -0.2) is 8.42 Å². The van der Waals surface area contributed by atoms with E-state index < -0.39 is 15.3 Å². The number of hydrogen-bond donors (Lipinski definition) is 0. The zero-order valence-electron chi connectivity index (χ0n) is 17.0. The Morgan fingerprint density at radius 2 is 1.79 bits per heavy atom. The van der Waals surface area contributed by atoms with Crippen LogP contribution in [0.1, 0.15) is 50.7 Å². The summed E-state index contributed by atoms with van der Waals surface area (Å²) < 4.78 is 32.1. The molecule has 2 rings (SSSR count). The Morgan fingerprint density at radius 1 is 1.07 bits per heavy atom. The van der Waals surface area contributed by atoms with Gasteiger partial charge in [0.15, 0.2) is 9.84 Å². The number of aldehydes is 1. The Morgan fingerprint density at radius 3 is 2.36 bits per heavy atom. The Bertz CT molecular complexity index is 875. The van der Waals surface area contributed by atoms with E-state index in [2.05, 4.69) is 0 Å². The van der Waals surface area contributed by atoms with E-state index in [0.29, 0.717) is 25.0 Å². The van der Waals surface area contributed by atoms with Gasteiger partial charge in [-0.3, -0.25) is 0 Å². The van der Waals surface area contributed by atoms with Crippen LogP contribution < -0.4 is 4.74 Å². The second kappa shape index (κ2) is 9.87. The molecule has 4 nitrogen and oxygen atoms in total. The van der Waals surface area contributed by atoms with Crippen LogP contribution in [0.4, 0.5) is 0 Å². The van der Waals surface area contributed by atoms with Crippen molar-refractivity contribution in [2.45, 2.75) is 50.8 Å². The van der Waals surface area contributed by atoms with Gasteiger partial charge in [0.2, 0.25) is 0 Å². The largest absolute Gasteiger partial charge is 0.497 e. The van der Waals surface area contributed by atoms with Crippen molar-refractivity contribution in [2.24, 2.45) is 5.41 Å². The lowest BCUT2D eigenvalue weighted by molar-refractivity contribution is -0.115. The van der Waals surface area contributed by atoms with Gasteiger partial charge in [0.05, 0.1) is 17.8 Å². The first-order valence-corrected chi connectivity index (χ1v) is 11.4. The predicted octanol–water partition coefficient (Wildman–Crippen LogP) is 4.85. The van der Waals surface area contributed by atoms with Gasteiger partial charge in [-0.1, -0.05) is 63.1 Å². The third-order valence-electron chi connectivity index (χ3n) is 5.31. The Balaban J connectivity index is 2.45. The fourth-order valence-electron chi connectivity index (χ4n) is 3.43. The molecule has 0 aliphatic heterocycles. The van der Waals surface area contributed by atoms with Gasteiger partial charge in [-0.2, -0.15) is 0 Å². The van der Waals surface area contributed by atoms with Gasteiger partial charge in [-0.05, 0) is 42.5 Å². The molecule has 5 heteroatoms. The number of sulfone groups is 1. The first-order valence-electron chi connectivity index (χ1n) is 9.79. The van der Waals surface area contributed by atoms with Crippen LogP contribution >= 0.6 is 0 Å². The maximum Gasteiger partial charge on any atom is 0.179 e. The summed E-state index contributed by atoms with van der Waals surface area (Å²) in [5.74, 6) is 0.326. The molecule has 0 aliphatic carbocycles. The van der Waals surface area contributed by atoms with Gasteiger partial charge in [0.1, 0.15) is 12.0 Å². The third-order valence-corrected chi connectivity index (χ3v) is 7.31. The lowest BCUT2D eigenvalue weighted by Gasteiger charge is -2.27. The summed E-state index contributed by atoms with van der Waals surface area (Å²) in [4.78, 5) is 12.1. The van der Waals surface area contributed by atoms with Crippen molar-refractivity contribution in [3.8, 4) is 5.75 Å². The second-order valence-electron chi connectivity index (χ2n) is 7.33. The van der Waals surface area contributed by atoms with Crippen molar-refractivity contribution in [1.82, 2.24) is 0 Å². The van der Waals surface area contributed by atoms with Crippen LogP contribution in [-0.4, -0.2) is 27.6 Å². The highest BCUT2D eigenvalue weighted by Gasteiger charge is 2.35. The maximum absolute atomic E-state index is 13.4. The minimum Gasteiger partial charge on any atom is -0.497 e. The summed E-state index contributed by atoms with van der Waals surface area (Å²) in [5.41, 5.74) is 0.910. The van der Waals surface area contributed by atoms with Gasteiger partial charge in [-0.15, -0.1) is 0 Å². The molecule has 0 radical (unpaired) electrons. The molecule has 0 spiro atoms. The zero-order valence-corrected chi connectivity index (χ0v) is 17.8. The second-order valence-corrected chi connectivity index (χ2v) is 9.29. The molecule has 1 unspecified atom stereocenters. The molecule has 152 valence electrons. The highest BCUT2D eigenvalue weighted by Crippen LogP contribution is 2.33. The average Bonchev–Trinajstić information content (AvgIpc) is 2.72. The monoisotopic (exact) mass is 402 g/mol. The van der Waals surface area contributed by atoms with Crippen LogP contribution in [0.15, 0.2) is 53.4 Å². The summed E-state index contributed by atoms with van der Waals surface area (Å²) in [6, 6.07) is 14.9. The van der Waals surface area contributed by atoms with Crippen LogP contribution in [0.2, 0.25) is 0 Å². The highest BCUT2D eigenvalue weighted by atomic mass is 32.2. The van der Waals surface area contributed by atoms with Crippen molar-refractivity contribution in [3.63, 3.8) is 0 Å². The molecule has 0 aromatic heterocycles. The number of carbonyl (C=O) groups excluding carboxylic acids is 1. The van der Waals surface area contributed by atoms with Crippen LogP contribution in [0.5, 0.6) is 5.75 Å². The summed E-state index contributed by atoms with van der Waals surface area (Å²) in [6.07, 6.45) is 4.20. The minimum absolute atomic E-state index is 0.172. The van der Waals surface area contributed by atoms with Crippen molar-refractivity contribution < 1.29 is 17.9 Å².